The zero-order valence-corrected chi connectivity index (χ0v) is 19.4. The number of amides is 2. The second-order valence-electron chi connectivity index (χ2n) is 8.30. The standard InChI is InChI=1S/C29H22N4O2/c1-3-32-28(34)25(19(2)26(17-30)29(32)35)16-23-18-33(24-11-5-4-6-12-24)31-27(23)22-14-13-20-9-7-8-10-21(20)15-22/h4-16,18H,3H2,1-2H3/b25-16+. The van der Waals surface area contributed by atoms with Gasteiger partial charge in [-0.15, -0.1) is 0 Å². The lowest BCUT2D eigenvalue weighted by Crippen LogP contribution is -2.42. The van der Waals surface area contributed by atoms with Crippen molar-refractivity contribution in [1.82, 2.24) is 14.7 Å². The summed E-state index contributed by atoms with van der Waals surface area (Å²) in [6.07, 6.45) is 3.60. The third kappa shape index (κ3) is 3.83. The predicted molar refractivity (Wildman–Crippen MR) is 135 cm³/mol. The lowest BCUT2D eigenvalue weighted by molar-refractivity contribution is -0.140. The van der Waals surface area contributed by atoms with Gasteiger partial charge in [-0.1, -0.05) is 54.6 Å². The molecule has 0 bridgehead atoms. The van der Waals surface area contributed by atoms with E-state index in [0.717, 1.165) is 32.5 Å². The second kappa shape index (κ2) is 8.88. The number of carbonyl (C=O) groups is 2. The molecule has 0 spiro atoms. The summed E-state index contributed by atoms with van der Waals surface area (Å²) in [5.41, 5.74) is 3.88. The summed E-state index contributed by atoms with van der Waals surface area (Å²) in [7, 11) is 0. The SMILES string of the molecule is CCN1C(=O)C(C#N)=C(C)/C(=C\c2cn(-c3ccccc3)nc2-c2ccc3ccccc3c2)C1=O. The fourth-order valence-corrected chi connectivity index (χ4v) is 4.34. The Hall–Kier alpha value is -4.76. The summed E-state index contributed by atoms with van der Waals surface area (Å²) in [5, 5.41) is 16.7. The summed E-state index contributed by atoms with van der Waals surface area (Å²) < 4.78 is 1.78. The van der Waals surface area contributed by atoms with Crippen molar-refractivity contribution in [2.24, 2.45) is 0 Å². The Balaban J connectivity index is 1.73. The molecule has 4 aromatic rings. The first-order chi connectivity index (χ1) is 17.0. The normalized spacial score (nSPS) is 15.2. The third-order valence-electron chi connectivity index (χ3n) is 6.23. The van der Waals surface area contributed by atoms with Gasteiger partial charge in [0, 0.05) is 29.4 Å². The number of hydrogen-bond acceptors (Lipinski definition) is 4. The number of aromatic nitrogens is 2. The molecule has 0 unspecified atom stereocenters. The van der Waals surface area contributed by atoms with Gasteiger partial charge in [-0.3, -0.25) is 14.5 Å². The van der Waals surface area contributed by atoms with Crippen LogP contribution in [0.2, 0.25) is 0 Å². The van der Waals surface area contributed by atoms with Gasteiger partial charge in [-0.25, -0.2) is 4.68 Å². The van der Waals surface area contributed by atoms with Gasteiger partial charge in [0.25, 0.3) is 11.8 Å². The van der Waals surface area contributed by atoms with Crippen molar-refractivity contribution in [2.75, 3.05) is 6.54 Å². The highest BCUT2D eigenvalue weighted by molar-refractivity contribution is 6.19. The van der Waals surface area contributed by atoms with Gasteiger partial charge in [0.2, 0.25) is 0 Å². The lowest BCUT2D eigenvalue weighted by atomic mass is 9.93. The zero-order chi connectivity index (χ0) is 24.5. The molecule has 1 aliphatic heterocycles. The fraction of sp³-hybridized carbons (Fsp3) is 0.103. The van der Waals surface area contributed by atoms with Crippen molar-refractivity contribution in [1.29, 1.82) is 5.26 Å². The van der Waals surface area contributed by atoms with E-state index in [1.165, 1.54) is 0 Å². The molecular weight excluding hydrogens is 436 g/mol. The molecule has 0 aliphatic carbocycles. The molecule has 0 saturated heterocycles. The maximum absolute atomic E-state index is 13.2. The third-order valence-corrected chi connectivity index (χ3v) is 6.23. The Labute approximate surface area is 203 Å². The van der Waals surface area contributed by atoms with E-state index < -0.39 is 11.8 Å². The van der Waals surface area contributed by atoms with Crippen LogP contribution in [0, 0.1) is 11.3 Å². The van der Waals surface area contributed by atoms with Crippen LogP contribution in [-0.2, 0) is 9.59 Å². The molecule has 0 N–H and O–H groups in total. The van der Waals surface area contributed by atoms with Crippen molar-refractivity contribution in [3.8, 4) is 23.0 Å². The molecule has 6 heteroatoms. The summed E-state index contributed by atoms with van der Waals surface area (Å²) in [4.78, 5) is 26.9. The molecule has 1 aromatic heterocycles. The van der Waals surface area contributed by atoms with Crippen LogP contribution in [0.5, 0.6) is 0 Å². The van der Waals surface area contributed by atoms with Gasteiger partial charge < -0.3 is 0 Å². The Bertz CT molecular complexity index is 1590. The van der Waals surface area contributed by atoms with Gasteiger partial charge >= 0.3 is 0 Å². The average Bonchev–Trinajstić information content (AvgIpc) is 3.31. The monoisotopic (exact) mass is 458 g/mol. The van der Waals surface area contributed by atoms with Crippen LogP contribution in [0.1, 0.15) is 19.4 Å². The Morgan fingerprint density at radius 2 is 1.66 bits per heavy atom. The van der Waals surface area contributed by atoms with E-state index in [0.29, 0.717) is 16.8 Å². The molecule has 5 rings (SSSR count). The van der Waals surface area contributed by atoms with Crippen molar-refractivity contribution >= 4 is 28.7 Å². The Morgan fingerprint density at radius 3 is 2.37 bits per heavy atom. The number of hydrogen-bond donors (Lipinski definition) is 0. The molecule has 0 fully saturated rings. The number of rotatable bonds is 4. The number of likely N-dealkylation sites (N-methyl/N-ethyl adjacent to an activating group) is 1. The highest BCUT2D eigenvalue weighted by atomic mass is 16.2. The second-order valence-corrected chi connectivity index (χ2v) is 8.30. The van der Waals surface area contributed by atoms with Crippen LogP contribution < -0.4 is 0 Å². The first kappa shape index (κ1) is 22.1. The molecule has 6 nitrogen and oxygen atoms in total. The smallest absolute Gasteiger partial charge is 0.271 e. The molecule has 35 heavy (non-hydrogen) atoms. The minimum Gasteiger partial charge on any atom is -0.274 e. The van der Waals surface area contributed by atoms with Crippen molar-refractivity contribution < 1.29 is 9.59 Å². The van der Waals surface area contributed by atoms with Gasteiger partial charge in [0.15, 0.2) is 0 Å². The van der Waals surface area contributed by atoms with Crippen LogP contribution in [0.3, 0.4) is 0 Å². The Kier molecular flexibility index (Phi) is 5.60. The summed E-state index contributed by atoms with van der Waals surface area (Å²) >= 11 is 0. The molecule has 170 valence electrons. The number of nitrogens with zero attached hydrogens (tertiary/aromatic N) is 4. The van der Waals surface area contributed by atoms with E-state index in [9.17, 15) is 14.9 Å². The Morgan fingerprint density at radius 1 is 0.943 bits per heavy atom. The maximum atomic E-state index is 13.2. The number of carbonyl (C=O) groups excluding carboxylic acids is 2. The molecule has 2 amide bonds. The van der Waals surface area contributed by atoms with Gasteiger partial charge in [0.05, 0.1) is 11.4 Å². The molecule has 1 aliphatic rings. The highest BCUT2D eigenvalue weighted by Crippen LogP contribution is 2.32. The predicted octanol–water partition coefficient (Wildman–Crippen LogP) is 5.30. The molecular formula is C29H22N4O2. The fourth-order valence-electron chi connectivity index (χ4n) is 4.34. The first-order valence-electron chi connectivity index (χ1n) is 11.3. The van der Waals surface area contributed by atoms with E-state index >= 15 is 0 Å². The minimum absolute atomic E-state index is 0.0135. The van der Waals surface area contributed by atoms with Crippen LogP contribution in [-0.4, -0.2) is 33.0 Å². The molecule has 2 heterocycles. The van der Waals surface area contributed by atoms with Gasteiger partial charge in [-0.2, -0.15) is 10.4 Å². The first-order valence-corrected chi connectivity index (χ1v) is 11.3. The number of para-hydroxylation sites is 1. The largest absolute Gasteiger partial charge is 0.274 e. The van der Waals surface area contributed by atoms with Crippen molar-refractivity contribution in [2.45, 2.75) is 13.8 Å². The quantitative estimate of drug-likeness (QED) is 0.307. The average molecular weight is 459 g/mol. The van der Waals surface area contributed by atoms with E-state index in [1.807, 2.05) is 72.9 Å². The molecule has 0 atom stereocenters. The zero-order valence-electron chi connectivity index (χ0n) is 19.4. The van der Waals surface area contributed by atoms with Gasteiger partial charge in [-0.05, 0) is 54.5 Å². The molecule has 0 saturated carbocycles. The minimum atomic E-state index is -0.551. The summed E-state index contributed by atoms with van der Waals surface area (Å²) in [5.74, 6) is -0.963. The van der Waals surface area contributed by atoms with Crippen LogP contribution >= 0.6 is 0 Å². The van der Waals surface area contributed by atoms with Crippen LogP contribution in [0.4, 0.5) is 0 Å². The number of benzene rings is 3. The topological polar surface area (TPSA) is 79.0 Å². The maximum Gasteiger partial charge on any atom is 0.271 e. The number of imide groups is 1. The van der Waals surface area contributed by atoms with E-state index in [4.69, 9.17) is 5.10 Å². The van der Waals surface area contributed by atoms with Crippen molar-refractivity contribution in [3.05, 3.63) is 101 Å². The van der Waals surface area contributed by atoms with Crippen molar-refractivity contribution in [3.63, 3.8) is 0 Å². The lowest BCUT2D eigenvalue weighted by Gasteiger charge is -2.26. The van der Waals surface area contributed by atoms with E-state index in [2.05, 4.69) is 12.1 Å². The number of fused-ring (bicyclic) bond motifs is 1. The van der Waals surface area contributed by atoms with Crippen LogP contribution in [0.15, 0.2) is 95.7 Å². The summed E-state index contributed by atoms with van der Waals surface area (Å²) in [6, 6.07) is 25.9. The molecule has 3 aromatic carbocycles. The number of nitriles is 1. The molecule has 0 radical (unpaired) electrons. The van der Waals surface area contributed by atoms with E-state index in [1.54, 1.807) is 24.6 Å². The van der Waals surface area contributed by atoms with E-state index in [-0.39, 0.29) is 12.1 Å². The summed E-state index contributed by atoms with van der Waals surface area (Å²) in [6.45, 7) is 3.55. The van der Waals surface area contributed by atoms with Gasteiger partial charge in [0.1, 0.15) is 11.6 Å². The highest BCUT2D eigenvalue weighted by Gasteiger charge is 2.34. The van der Waals surface area contributed by atoms with Crippen LogP contribution in [0.25, 0.3) is 33.8 Å².